The Hall–Kier alpha value is -1.82. The Bertz CT molecular complexity index is 469. The molecule has 0 aliphatic heterocycles. The molecule has 1 rings (SSSR count). The summed E-state index contributed by atoms with van der Waals surface area (Å²) in [6.07, 6.45) is -0.992. The Morgan fingerprint density at radius 1 is 1.47 bits per heavy atom. The number of alkyl halides is 1. The van der Waals surface area contributed by atoms with Crippen LogP contribution in [0.25, 0.3) is 0 Å². The number of carbonyl (C=O) groups excluding carboxylic acids is 1. The van der Waals surface area contributed by atoms with Crippen LogP contribution in [0, 0.1) is 0 Å². The zero-order valence-electron chi connectivity index (χ0n) is 10.1. The van der Waals surface area contributed by atoms with Gasteiger partial charge in [0.2, 0.25) is 0 Å². The predicted octanol–water partition coefficient (Wildman–Crippen LogP) is 1.65. The largest absolute Gasteiger partial charge is 0.480 e. The highest BCUT2D eigenvalue weighted by atomic mass is 35.5. The van der Waals surface area contributed by atoms with Crippen molar-refractivity contribution in [1.82, 2.24) is 5.32 Å². The number of rotatable bonds is 6. The molecule has 0 fully saturated rings. The first-order chi connectivity index (χ1) is 8.95. The maximum Gasteiger partial charge on any atom is 0.328 e. The third-order valence-corrected chi connectivity index (χ3v) is 2.59. The minimum absolute atomic E-state index is 0.291. The molecule has 2 atom stereocenters. The molecule has 0 bridgehead atoms. The van der Waals surface area contributed by atoms with Crippen molar-refractivity contribution in [3.05, 3.63) is 29.3 Å². The number of carbonyl (C=O) groups is 2. The summed E-state index contributed by atoms with van der Waals surface area (Å²) in [5.74, 6) is -1.88. The summed E-state index contributed by atoms with van der Waals surface area (Å²) in [4.78, 5) is 22.2. The summed E-state index contributed by atoms with van der Waals surface area (Å²) in [5.41, 5.74) is 0. The van der Waals surface area contributed by atoms with Gasteiger partial charge in [-0.25, -0.2) is 9.18 Å². The Morgan fingerprint density at radius 2 is 2.11 bits per heavy atom. The summed E-state index contributed by atoms with van der Waals surface area (Å²) >= 11 is 5.85. The van der Waals surface area contributed by atoms with Crippen LogP contribution in [-0.4, -0.2) is 35.8 Å². The molecule has 1 aromatic carbocycles. The molecule has 0 spiro atoms. The van der Waals surface area contributed by atoms with Crippen molar-refractivity contribution in [3.8, 4) is 5.75 Å². The standard InChI is InChI=1S/C12H13ClFNO4/c1-7(11(16)15-9(6-14)12(17)18)19-10-5-3-2-4-8(10)13/h2-5,7,9H,6H2,1H3,(H,15,16)(H,17,18). The lowest BCUT2D eigenvalue weighted by molar-refractivity contribution is -0.143. The SMILES string of the molecule is CC(Oc1ccccc1Cl)C(=O)NC(CF)C(=O)O. The average Bonchev–Trinajstić information content (AvgIpc) is 2.37. The van der Waals surface area contributed by atoms with Crippen molar-refractivity contribution >= 4 is 23.5 Å². The summed E-state index contributed by atoms with van der Waals surface area (Å²) < 4.78 is 17.6. The molecule has 1 aromatic rings. The first-order valence-electron chi connectivity index (χ1n) is 5.46. The monoisotopic (exact) mass is 289 g/mol. The van der Waals surface area contributed by atoms with Crippen molar-refractivity contribution in [2.45, 2.75) is 19.1 Å². The molecule has 0 aromatic heterocycles. The molecular formula is C12H13ClFNO4. The molecule has 19 heavy (non-hydrogen) atoms. The molecule has 0 saturated carbocycles. The number of nitrogens with one attached hydrogen (secondary N) is 1. The van der Waals surface area contributed by atoms with Crippen LogP contribution in [0.2, 0.25) is 5.02 Å². The molecule has 0 saturated heterocycles. The lowest BCUT2D eigenvalue weighted by atomic mass is 10.3. The van der Waals surface area contributed by atoms with E-state index in [0.29, 0.717) is 10.8 Å². The van der Waals surface area contributed by atoms with Crippen LogP contribution in [0.1, 0.15) is 6.92 Å². The van der Waals surface area contributed by atoms with E-state index in [1.807, 2.05) is 5.32 Å². The fourth-order valence-electron chi connectivity index (χ4n) is 1.24. The van der Waals surface area contributed by atoms with Crippen LogP contribution >= 0.6 is 11.6 Å². The highest BCUT2D eigenvalue weighted by molar-refractivity contribution is 6.32. The molecule has 0 aliphatic rings. The maximum atomic E-state index is 12.4. The van der Waals surface area contributed by atoms with E-state index in [4.69, 9.17) is 21.4 Å². The maximum absolute atomic E-state index is 12.4. The molecule has 0 radical (unpaired) electrons. The van der Waals surface area contributed by atoms with Crippen molar-refractivity contribution in [2.24, 2.45) is 0 Å². The zero-order chi connectivity index (χ0) is 14.4. The summed E-state index contributed by atoms with van der Waals surface area (Å²) in [6.45, 7) is 0.218. The zero-order valence-corrected chi connectivity index (χ0v) is 10.9. The van der Waals surface area contributed by atoms with Crippen LogP contribution in [0.3, 0.4) is 0 Å². The number of aliphatic carboxylic acids is 1. The molecule has 2 unspecified atom stereocenters. The van der Waals surface area contributed by atoms with E-state index in [-0.39, 0.29) is 0 Å². The second-order valence-corrected chi connectivity index (χ2v) is 4.15. The van der Waals surface area contributed by atoms with Crippen molar-refractivity contribution in [2.75, 3.05) is 6.67 Å². The topological polar surface area (TPSA) is 75.6 Å². The van der Waals surface area contributed by atoms with Gasteiger partial charge in [-0.15, -0.1) is 0 Å². The van der Waals surface area contributed by atoms with Crippen LogP contribution in [0.5, 0.6) is 5.75 Å². The van der Waals surface area contributed by atoms with Gasteiger partial charge in [-0.1, -0.05) is 23.7 Å². The van der Waals surface area contributed by atoms with E-state index in [2.05, 4.69) is 0 Å². The van der Waals surface area contributed by atoms with Gasteiger partial charge in [-0.3, -0.25) is 4.79 Å². The first kappa shape index (κ1) is 15.2. The fraction of sp³-hybridized carbons (Fsp3) is 0.333. The number of benzene rings is 1. The van der Waals surface area contributed by atoms with E-state index in [1.165, 1.54) is 6.92 Å². The summed E-state index contributed by atoms with van der Waals surface area (Å²) in [7, 11) is 0. The molecule has 0 heterocycles. The Balaban J connectivity index is 2.63. The first-order valence-corrected chi connectivity index (χ1v) is 5.83. The molecule has 104 valence electrons. The van der Waals surface area contributed by atoms with Crippen molar-refractivity contribution in [1.29, 1.82) is 0 Å². The number of carboxylic acids is 1. The van der Waals surface area contributed by atoms with E-state index in [0.717, 1.165) is 0 Å². The number of ether oxygens (including phenoxy) is 1. The number of halogens is 2. The van der Waals surface area contributed by atoms with Gasteiger partial charge in [-0.05, 0) is 19.1 Å². The molecule has 2 N–H and O–H groups in total. The normalized spacial score (nSPS) is 13.4. The van der Waals surface area contributed by atoms with Crippen molar-refractivity contribution in [3.63, 3.8) is 0 Å². The van der Waals surface area contributed by atoms with E-state index >= 15 is 0 Å². The van der Waals surface area contributed by atoms with Gasteiger partial charge < -0.3 is 15.2 Å². The fourth-order valence-corrected chi connectivity index (χ4v) is 1.42. The van der Waals surface area contributed by atoms with Gasteiger partial charge in [0.1, 0.15) is 12.4 Å². The Labute approximate surface area is 114 Å². The molecule has 1 amide bonds. The lowest BCUT2D eigenvalue weighted by Crippen LogP contribution is -2.47. The molecule has 7 heteroatoms. The number of hydrogen-bond acceptors (Lipinski definition) is 3. The van der Waals surface area contributed by atoms with Gasteiger partial charge >= 0.3 is 5.97 Å². The predicted molar refractivity (Wildman–Crippen MR) is 67.1 cm³/mol. The van der Waals surface area contributed by atoms with Crippen molar-refractivity contribution < 1.29 is 23.8 Å². The average molecular weight is 290 g/mol. The minimum Gasteiger partial charge on any atom is -0.480 e. The van der Waals surface area contributed by atoms with Crippen LogP contribution < -0.4 is 10.1 Å². The van der Waals surface area contributed by atoms with E-state index in [9.17, 15) is 14.0 Å². The van der Waals surface area contributed by atoms with E-state index in [1.54, 1.807) is 24.3 Å². The van der Waals surface area contributed by atoms with Gasteiger partial charge in [0.15, 0.2) is 12.1 Å². The number of carboxylic acid groups (broad SMARTS) is 1. The quantitative estimate of drug-likeness (QED) is 0.835. The lowest BCUT2D eigenvalue weighted by Gasteiger charge is -2.17. The van der Waals surface area contributed by atoms with Gasteiger partial charge in [0.05, 0.1) is 5.02 Å². The van der Waals surface area contributed by atoms with E-state index < -0.39 is 30.7 Å². The number of para-hydroxylation sites is 1. The number of amides is 1. The third-order valence-electron chi connectivity index (χ3n) is 2.28. The van der Waals surface area contributed by atoms with Gasteiger partial charge in [0, 0.05) is 0 Å². The summed E-state index contributed by atoms with van der Waals surface area (Å²) in [5, 5.41) is 11.0. The number of hydrogen-bond donors (Lipinski definition) is 2. The molecule has 5 nitrogen and oxygen atoms in total. The third kappa shape index (κ3) is 4.40. The van der Waals surface area contributed by atoms with Gasteiger partial charge in [-0.2, -0.15) is 0 Å². The molecular weight excluding hydrogens is 277 g/mol. The van der Waals surface area contributed by atoms with Gasteiger partial charge in [0.25, 0.3) is 5.91 Å². The van der Waals surface area contributed by atoms with Crippen LogP contribution in [0.15, 0.2) is 24.3 Å². The van der Waals surface area contributed by atoms with Crippen LogP contribution in [0.4, 0.5) is 4.39 Å². The highest BCUT2D eigenvalue weighted by Crippen LogP contribution is 2.24. The minimum atomic E-state index is -1.58. The second-order valence-electron chi connectivity index (χ2n) is 3.74. The highest BCUT2D eigenvalue weighted by Gasteiger charge is 2.24. The van der Waals surface area contributed by atoms with Crippen LogP contribution in [-0.2, 0) is 9.59 Å². The second kappa shape index (κ2) is 6.94. The Kier molecular flexibility index (Phi) is 5.57. The summed E-state index contributed by atoms with van der Waals surface area (Å²) in [6, 6.07) is 4.94. The Morgan fingerprint density at radius 3 is 2.63 bits per heavy atom. The molecule has 0 aliphatic carbocycles. The smallest absolute Gasteiger partial charge is 0.328 e.